The average molecular weight is 339 g/mol. The third-order valence-corrected chi connectivity index (χ3v) is 3.88. The number of nitrogens with zero attached hydrogens (tertiary/aromatic N) is 2. The van der Waals surface area contributed by atoms with E-state index in [1.165, 1.54) is 4.90 Å². The molecule has 1 aliphatic heterocycles. The zero-order valence-electron chi connectivity index (χ0n) is 9.70. The molecule has 1 unspecified atom stereocenters. The molecule has 16 heavy (non-hydrogen) atoms. The van der Waals surface area contributed by atoms with Crippen LogP contribution in [0.4, 0.5) is 9.59 Å². The highest BCUT2D eigenvalue weighted by Gasteiger charge is 2.32. The van der Waals surface area contributed by atoms with Crippen LogP contribution in [-0.4, -0.2) is 46.0 Å². The number of carbonyl (C=O) groups excluding carboxylic acids is 2. The minimum Gasteiger partial charge on any atom is -0.341 e. The topological polar surface area (TPSA) is 52.6 Å². The Bertz CT molecular complexity index is 273. The van der Waals surface area contributed by atoms with Gasteiger partial charge in [-0.2, -0.15) is 0 Å². The second-order valence-electron chi connectivity index (χ2n) is 3.76. The standard InChI is InChI=1S/C10H18IN3O2/c1-3-5-8(11)13-6-4-7-14(10(13)16)9(15)12-2/h8H,3-7H2,1-2H3,(H,12,15). The lowest BCUT2D eigenvalue weighted by molar-refractivity contribution is 0.132. The van der Waals surface area contributed by atoms with Crippen LogP contribution in [0.5, 0.6) is 0 Å². The molecule has 1 aliphatic rings. The van der Waals surface area contributed by atoms with Crippen LogP contribution in [-0.2, 0) is 0 Å². The van der Waals surface area contributed by atoms with Crippen molar-refractivity contribution in [2.24, 2.45) is 0 Å². The molecule has 0 aromatic rings. The van der Waals surface area contributed by atoms with Gasteiger partial charge in [0.15, 0.2) is 0 Å². The van der Waals surface area contributed by atoms with Crippen LogP contribution in [0.25, 0.3) is 0 Å². The summed E-state index contributed by atoms with van der Waals surface area (Å²) in [5.74, 6) is 0. The van der Waals surface area contributed by atoms with E-state index in [0.29, 0.717) is 6.54 Å². The van der Waals surface area contributed by atoms with Crippen molar-refractivity contribution in [1.29, 1.82) is 0 Å². The van der Waals surface area contributed by atoms with Gasteiger partial charge in [0.05, 0.1) is 4.05 Å². The highest BCUT2D eigenvalue weighted by atomic mass is 127. The Morgan fingerprint density at radius 1 is 1.56 bits per heavy atom. The van der Waals surface area contributed by atoms with Crippen molar-refractivity contribution in [3.8, 4) is 0 Å². The van der Waals surface area contributed by atoms with E-state index in [4.69, 9.17) is 0 Å². The fourth-order valence-corrected chi connectivity index (χ4v) is 2.86. The molecule has 0 saturated carbocycles. The summed E-state index contributed by atoms with van der Waals surface area (Å²) in [5, 5.41) is 2.49. The SMILES string of the molecule is CCCC(I)N1CCCN(C(=O)NC)C1=O. The molecule has 1 heterocycles. The molecule has 1 atom stereocenters. The molecule has 6 heteroatoms. The number of alkyl halides is 1. The summed E-state index contributed by atoms with van der Waals surface area (Å²) < 4.78 is 0.183. The summed E-state index contributed by atoms with van der Waals surface area (Å²) in [6.45, 7) is 3.36. The highest BCUT2D eigenvalue weighted by Crippen LogP contribution is 2.20. The third-order valence-electron chi connectivity index (χ3n) is 2.58. The number of nitrogens with one attached hydrogen (secondary N) is 1. The van der Waals surface area contributed by atoms with Crippen LogP contribution in [0.2, 0.25) is 0 Å². The van der Waals surface area contributed by atoms with Gasteiger partial charge in [0, 0.05) is 20.1 Å². The number of halogens is 1. The van der Waals surface area contributed by atoms with E-state index in [-0.39, 0.29) is 16.1 Å². The zero-order valence-corrected chi connectivity index (χ0v) is 11.9. The van der Waals surface area contributed by atoms with E-state index in [1.54, 1.807) is 11.9 Å². The quantitative estimate of drug-likeness (QED) is 0.486. The van der Waals surface area contributed by atoms with Gasteiger partial charge in [-0.3, -0.25) is 0 Å². The summed E-state index contributed by atoms with van der Waals surface area (Å²) in [5.41, 5.74) is 0. The van der Waals surface area contributed by atoms with Gasteiger partial charge < -0.3 is 10.2 Å². The molecule has 92 valence electrons. The summed E-state index contributed by atoms with van der Waals surface area (Å²) in [6, 6.07) is -0.478. The number of imide groups is 1. The largest absolute Gasteiger partial charge is 0.341 e. The summed E-state index contributed by atoms with van der Waals surface area (Å²) in [4.78, 5) is 26.6. The molecule has 1 rings (SSSR count). The van der Waals surface area contributed by atoms with Crippen LogP contribution in [0, 0.1) is 0 Å². The van der Waals surface area contributed by atoms with Crippen molar-refractivity contribution in [3.63, 3.8) is 0 Å². The summed E-state index contributed by atoms with van der Waals surface area (Å²) in [7, 11) is 1.54. The maximum atomic E-state index is 12.0. The summed E-state index contributed by atoms with van der Waals surface area (Å²) >= 11 is 2.27. The predicted molar refractivity (Wildman–Crippen MR) is 70.6 cm³/mol. The molecule has 5 nitrogen and oxygen atoms in total. The minimum atomic E-state index is -0.310. The fourth-order valence-electron chi connectivity index (χ4n) is 1.72. The Kier molecular flexibility index (Phi) is 5.30. The monoisotopic (exact) mass is 339 g/mol. The molecule has 0 spiro atoms. The van der Waals surface area contributed by atoms with Gasteiger partial charge in [-0.1, -0.05) is 35.9 Å². The predicted octanol–water partition coefficient (Wildman–Crippen LogP) is 2.01. The van der Waals surface area contributed by atoms with Gasteiger partial charge in [-0.15, -0.1) is 0 Å². The number of hydrogen-bond donors (Lipinski definition) is 1. The van der Waals surface area contributed by atoms with Gasteiger partial charge in [0.2, 0.25) is 0 Å². The van der Waals surface area contributed by atoms with E-state index < -0.39 is 0 Å². The molecule has 0 radical (unpaired) electrons. The van der Waals surface area contributed by atoms with E-state index in [0.717, 1.165) is 25.8 Å². The zero-order chi connectivity index (χ0) is 12.1. The summed E-state index contributed by atoms with van der Waals surface area (Å²) in [6.07, 6.45) is 2.85. The Morgan fingerprint density at radius 2 is 2.25 bits per heavy atom. The molecule has 0 bridgehead atoms. The molecular weight excluding hydrogens is 321 g/mol. The maximum absolute atomic E-state index is 12.0. The van der Waals surface area contributed by atoms with E-state index in [1.807, 2.05) is 0 Å². The number of amides is 4. The second kappa shape index (κ2) is 6.27. The second-order valence-corrected chi connectivity index (χ2v) is 5.20. The third kappa shape index (κ3) is 2.99. The van der Waals surface area contributed by atoms with Crippen molar-refractivity contribution in [2.75, 3.05) is 20.1 Å². The van der Waals surface area contributed by atoms with Gasteiger partial charge in [0.1, 0.15) is 0 Å². The van der Waals surface area contributed by atoms with E-state index >= 15 is 0 Å². The normalized spacial score (nSPS) is 18.6. The number of hydrogen-bond acceptors (Lipinski definition) is 2. The van der Waals surface area contributed by atoms with Crippen molar-refractivity contribution < 1.29 is 9.59 Å². The molecule has 0 aliphatic carbocycles. The minimum absolute atomic E-state index is 0.168. The molecule has 1 fully saturated rings. The number of urea groups is 2. The first-order valence-electron chi connectivity index (χ1n) is 5.55. The van der Waals surface area contributed by atoms with Gasteiger partial charge in [0.25, 0.3) is 0 Å². The molecule has 1 N–H and O–H groups in total. The molecule has 1 saturated heterocycles. The van der Waals surface area contributed by atoms with Crippen molar-refractivity contribution in [2.45, 2.75) is 30.2 Å². The first-order valence-corrected chi connectivity index (χ1v) is 6.80. The Labute approximate surface area is 110 Å². The lowest BCUT2D eigenvalue weighted by Crippen LogP contribution is -2.55. The van der Waals surface area contributed by atoms with E-state index in [9.17, 15) is 9.59 Å². The number of rotatable bonds is 3. The lowest BCUT2D eigenvalue weighted by atomic mass is 10.2. The fraction of sp³-hybridized carbons (Fsp3) is 0.800. The molecule has 0 aromatic heterocycles. The van der Waals surface area contributed by atoms with Crippen LogP contribution in [0.15, 0.2) is 0 Å². The van der Waals surface area contributed by atoms with Crippen LogP contribution in [0.1, 0.15) is 26.2 Å². The lowest BCUT2D eigenvalue weighted by Gasteiger charge is -2.36. The maximum Gasteiger partial charge on any atom is 0.329 e. The Hall–Kier alpha value is -0.530. The Balaban J connectivity index is 2.67. The first kappa shape index (κ1) is 13.5. The smallest absolute Gasteiger partial charge is 0.329 e. The first-order chi connectivity index (χ1) is 7.61. The Morgan fingerprint density at radius 3 is 2.81 bits per heavy atom. The average Bonchev–Trinajstić information content (AvgIpc) is 2.28. The van der Waals surface area contributed by atoms with Crippen molar-refractivity contribution >= 4 is 34.7 Å². The van der Waals surface area contributed by atoms with Gasteiger partial charge in [-0.05, 0) is 12.8 Å². The molecule has 0 aromatic carbocycles. The molecular formula is C10H18IN3O2. The van der Waals surface area contributed by atoms with Crippen molar-refractivity contribution in [3.05, 3.63) is 0 Å². The highest BCUT2D eigenvalue weighted by molar-refractivity contribution is 14.1. The number of carbonyl (C=O) groups is 2. The van der Waals surface area contributed by atoms with Crippen LogP contribution in [0.3, 0.4) is 0 Å². The van der Waals surface area contributed by atoms with E-state index in [2.05, 4.69) is 34.8 Å². The molecule has 4 amide bonds. The van der Waals surface area contributed by atoms with Crippen LogP contribution >= 0.6 is 22.6 Å². The van der Waals surface area contributed by atoms with Crippen molar-refractivity contribution in [1.82, 2.24) is 15.1 Å². The van der Waals surface area contributed by atoms with Gasteiger partial charge in [-0.25, -0.2) is 14.5 Å². The van der Waals surface area contributed by atoms with Crippen LogP contribution < -0.4 is 5.32 Å². The van der Waals surface area contributed by atoms with Gasteiger partial charge >= 0.3 is 12.1 Å².